The lowest BCUT2D eigenvalue weighted by Gasteiger charge is -2.08. The minimum Gasteiger partial charge on any atom is -0.507 e. The largest absolute Gasteiger partial charge is 0.507 e. The van der Waals surface area contributed by atoms with E-state index in [4.69, 9.17) is 5.11 Å². The second kappa shape index (κ2) is 7.84. The average Bonchev–Trinajstić information content (AvgIpc) is 3.17. The van der Waals surface area contributed by atoms with Crippen molar-refractivity contribution in [2.24, 2.45) is 0 Å². The topological polar surface area (TPSA) is 95.3 Å². The highest BCUT2D eigenvalue weighted by molar-refractivity contribution is 7.17. The van der Waals surface area contributed by atoms with Gasteiger partial charge in [-0.3, -0.25) is 0 Å². The van der Waals surface area contributed by atoms with Crippen LogP contribution in [0.15, 0.2) is 54.2 Å². The molecule has 0 aliphatic rings. The highest BCUT2D eigenvalue weighted by atomic mass is 32.1. The molecule has 0 atom stereocenters. The Bertz CT molecular complexity index is 1210. The predicted molar refractivity (Wildman–Crippen MR) is 110 cm³/mol. The van der Waals surface area contributed by atoms with Crippen molar-refractivity contribution >= 4 is 33.2 Å². The van der Waals surface area contributed by atoms with Gasteiger partial charge in [-0.2, -0.15) is 0 Å². The lowest BCUT2D eigenvalue weighted by atomic mass is 10.1. The molecule has 0 saturated carbocycles. The first kappa shape index (κ1) is 18.8. The van der Waals surface area contributed by atoms with Gasteiger partial charge in [-0.15, -0.1) is 11.3 Å². The number of benzene rings is 2. The number of rotatable bonds is 6. The Balaban J connectivity index is 1.46. The second-order valence-corrected chi connectivity index (χ2v) is 7.34. The third-order valence-corrected chi connectivity index (χ3v) is 5.41. The summed E-state index contributed by atoms with van der Waals surface area (Å²) in [6.45, 7) is 0.550. The van der Waals surface area contributed by atoms with Crippen molar-refractivity contribution in [3.8, 4) is 17.0 Å². The van der Waals surface area contributed by atoms with Crippen molar-refractivity contribution in [1.29, 1.82) is 0 Å². The van der Waals surface area contributed by atoms with Crippen molar-refractivity contribution in [2.75, 3.05) is 11.9 Å². The first-order valence-corrected chi connectivity index (χ1v) is 9.67. The van der Waals surface area contributed by atoms with Gasteiger partial charge in [0.2, 0.25) is 0 Å². The van der Waals surface area contributed by atoms with E-state index < -0.39 is 5.97 Å². The maximum absolute atomic E-state index is 14.1. The molecule has 29 heavy (non-hydrogen) atoms. The van der Waals surface area contributed by atoms with Gasteiger partial charge in [0.25, 0.3) is 0 Å². The number of nitrogens with one attached hydrogen (secondary N) is 1. The molecule has 4 aromatic rings. The minimum absolute atomic E-state index is 0.170. The fraction of sp³-hybridized carbons (Fsp3) is 0.0952. The quantitative estimate of drug-likeness (QED) is 0.432. The molecule has 3 N–H and O–H groups in total. The molecule has 0 spiro atoms. The summed E-state index contributed by atoms with van der Waals surface area (Å²) in [7, 11) is 0. The van der Waals surface area contributed by atoms with Gasteiger partial charge >= 0.3 is 5.97 Å². The molecule has 0 radical (unpaired) electrons. The summed E-state index contributed by atoms with van der Waals surface area (Å²) in [6.07, 6.45) is 2.01. The fourth-order valence-corrected chi connectivity index (χ4v) is 3.84. The van der Waals surface area contributed by atoms with Gasteiger partial charge in [-0.1, -0.05) is 12.1 Å². The summed E-state index contributed by atoms with van der Waals surface area (Å²) in [5, 5.41) is 24.8. The molecule has 2 aromatic heterocycles. The SMILES string of the molecule is O=C(O)c1ccc(-c2cc(NCCc3cc(F)c4sccc4c3)ncn2)cc1O. The van der Waals surface area contributed by atoms with Crippen LogP contribution in [0, 0.1) is 5.82 Å². The van der Waals surface area contributed by atoms with Gasteiger partial charge in [0, 0.05) is 18.2 Å². The molecule has 0 bridgehead atoms. The Morgan fingerprint density at radius 1 is 1.14 bits per heavy atom. The standard InChI is InChI=1S/C21H16FN3O3S/c22-16-8-12(7-14-4-6-29-20(14)16)3-5-23-19-10-17(24-11-25-19)13-1-2-15(21(27)28)18(26)9-13/h1-2,4,6-11,26H,3,5H2,(H,27,28)(H,23,24,25). The van der Waals surface area contributed by atoms with Crippen LogP contribution in [0.5, 0.6) is 5.75 Å². The number of carboxylic acid groups (broad SMARTS) is 1. The van der Waals surface area contributed by atoms with E-state index in [0.717, 1.165) is 10.9 Å². The second-order valence-electron chi connectivity index (χ2n) is 6.42. The van der Waals surface area contributed by atoms with Crippen molar-refractivity contribution in [3.05, 3.63) is 71.1 Å². The smallest absolute Gasteiger partial charge is 0.339 e. The zero-order valence-electron chi connectivity index (χ0n) is 15.1. The Hall–Kier alpha value is -3.52. The summed E-state index contributed by atoms with van der Waals surface area (Å²) < 4.78 is 14.8. The Morgan fingerprint density at radius 2 is 2.00 bits per heavy atom. The van der Waals surface area contributed by atoms with Gasteiger partial charge in [0.15, 0.2) is 0 Å². The van der Waals surface area contributed by atoms with Crippen LogP contribution in [-0.4, -0.2) is 32.7 Å². The van der Waals surface area contributed by atoms with Crippen LogP contribution in [0.25, 0.3) is 21.3 Å². The van der Waals surface area contributed by atoms with Crippen LogP contribution < -0.4 is 5.32 Å². The maximum Gasteiger partial charge on any atom is 0.339 e. The lowest BCUT2D eigenvalue weighted by molar-refractivity contribution is 0.0694. The molecule has 0 aliphatic heterocycles. The molecule has 0 unspecified atom stereocenters. The molecule has 6 nitrogen and oxygen atoms in total. The number of halogens is 1. The van der Waals surface area contributed by atoms with E-state index in [2.05, 4.69) is 15.3 Å². The number of aromatic hydroxyl groups is 1. The summed E-state index contributed by atoms with van der Waals surface area (Å²) >= 11 is 1.39. The summed E-state index contributed by atoms with van der Waals surface area (Å²) in [5.41, 5.74) is 1.84. The zero-order chi connectivity index (χ0) is 20.4. The van der Waals surface area contributed by atoms with Crippen LogP contribution in [0.1, 0.15) is 15.9 Å². The third-order valence-electron chi connectivity index (χ3n) is 4.48. The molecule has 2 aromatic carbocycles. The molecule has 0 aliphatic carbocycles. The van der Waals surface area contributed by atoms with E-state index in [1.165, 1.54) is 29.8 Å². The molecular formula is C21H16FN3O3S. The lowest BCUT2D eigenvalue weighted by Crippen LogP contribution is -2.07. The normalized spacial score (nSPS) is 10.9. The highest BCUT2D eigenvalue weighted by Gasteiger charge is 2.11. The van der Waals surface area contributed by atoms with Gasteiger partial charge in [0.05, 0.1) is 10.4 Å². The van der Waals surface area contributed by atoms with Crippen molar-refractivity contribution in [1.82, 2.24) is 9.97 Å². The van der Waals surface area contributed by atoms with Gasteiger partial charge in [-0.05, 0) is 47.0 Å². The number of fused-ring (bicyclic) bond motifs is 1. The van der Waals surface area contributed by atoms with Gasteiger partial charge < -0.3 is 15.5 Å². The molecule has 2 heterocycles. The Kier molecular flexibility index (Phi) is 5.09. The highest BCUT2D eigenvalue weighted by Crippen LogP contribution is 2.27. The molecule has 8 heteroatoms. The molecule has 0 fully saturated rings. The number of aromatic nitrogens is 2. The number of phenols is 1. The van der Waals surface area contributed by atoms with Crippen LogP contribution in [-0.2, 0) is 6.42 Å². The van der Waals surface area contributed by atoms with Gasteiger partial charge in [-0.25, -0.2) is 19.2 Å². The van der Waals surface area contributed by atoms with Crippen LogP contribution in [0.4, 0.5) is 10.2 Å². The average molecular weight is 409 g/mol. The van der Waals surface area contributed by atoms with E-state index in [0.29, 0.717) is 34.7 Å². The van der Waals surface area contributed by atoms with E-state index >= 15 is 0 Å². The number of nitrogens with zero attached hydrogens (tertiary/aromatic N) is 2. The third kappa shape index (κ3) is 4.02. The zero-order valence-corrected chi connectivity index (χ0v) is 15.9. The number of hydrogen-bond donors (Lipinski definition) is 3. The van der Waals surface area contributed by atoms with Crippen molar-refractivity contribution in [3.63, 3.8) is 0 Å². The number of thiophene rings is 1. The Morgan fingerprint density at radius 3 is 2.79 bits per heavy atom. The molecule has 4 rings (SSSR count). The molecule has 0 amide bonds. The first-order chi connectivity index (χ1) is 14.0. The number of anilines is 1. The van der Waals surface area contributed by atoms with Crippen LogP contribution >= 0.6 is 11.3 Å². The molecular weight excluding hydrogens is 393 g/mol. The summed E-state index contributed by atoms with van der Waals surface area (Å²) in [6, 6.07) is 11.4. The molecule has 0 saturated heterocycles. The van der Waals surface area contributed by atoms with Gasteiger partial charge in [0.1, 0.15) is 29.3 Å². The number of aromatic carboxylic acids is 1. The van der Waals surface area contributed by atoms with E-state index in [1.807, 2.05) is 17.5 Å². The minimum atomic E-state index is -1.20. The monoisotopic (exact) mass is 409 g/mol. The summed E-state index contributed by atoms with van der Waals surface area (Å²) in [5.74, 6) is -1.15. The first-order valence-electron chi connectivity index (χ1n) is 8.79. The van der Waals surface area contributed by atoms with Crippen LogP contribution in [0.2, 0.25) is 0 Å². The predicted octanol–water partition coefficient (Wildman–Crippen LogP) is 4.56. The number of carboxylic acids is 1. The molecule has 146 valence electrons. The maximum atomic E-state index is 14.1. The number of hydrogen-bond acceptors (Lipinski definition) is 6. The Labute approximate surface area is 169 Å². The summed E-state index contributed by atoms with van der Waals surface area (Å²) in [4.78, 5) is 19.4. The fourth-order valence-electron chi connectivity index (χ4n) is 3.06. The van der Waals surface area contributed by atoms with E-state index in [9.17, 15) is 14.3 Å². The van der Waals surface area contributed by atoms with E-state index in [-0.39, 0.29) is 17.1 Å². The van der Waals surface area contributed by atoms with E-state index in [1.54, 1.807) is 18.2 Å². The van der Waals surface area contributed by atoms with Crippen LogP contribution in [0.3, 0.4) is 0 Å². The number of carbonyl (C=O) groups is 1. The van der Waals surface area contributed by atoms with Crippen molar-refractivity contribution < 1.29 is 19.4 Å². The van der Waals surface area contributed by atoms with Crippen molar-refractivity contribution in [2.45, 2.75) is 6.42 Å².